The number of nitrogens with zero attached hydrogens (tertiary/aromatic N) is 1. The van der Waals surface area contributed by atoms with E-state index in [-0.39, 0.29) is 12.4 Å². The molecule has 0 saturated heterocycles. The fourth-order valence-electron chi connectivity index (χ4n) is 2.07. The van der Waals surface area contributed by atoms with Gasteiger partial charge in [0.1, 0.15) is 5.82 Å². The first kappa shape index (κ1) is 13.0. The Morgan fingerprint density at radius 2 is 1.94 bits per heavy atom. The minimum atomic E-state index is -0.335. The average Bonchev–Trinajstić information content (AvgIpc) is 2.30. The number of hydrogen-bond acceptors (Lipinski definition) is 2. The van der Waals surface area contributed by atoms with Gasteiger partial charge in [-0.2, -0.15) is 0 Å². The van der Waals surface area contributed by atoms with Crippen LogP contribution in [0.4, 0.5) is 10.1 Å². The van der Waals surface area contributed by atoms with Gasteiger partial charge in [0.15, 0.2) is 0 Å². The molecule has 1 aromatic carbocycles. The quantitative estimate of drug-likeness (QED) is 0.832. The Hall–Kier alpha value is -1.09. The van der Waals surface area contributed by atoms with Crippen molar-refractivity contribution in [2.45, 2.75) is 39.3 Å². The summed E-state index contributed by atoms with van der Waals surface area (Å²) in [7, 11) is 1.95. The van der Waals surface area contributed by atoms with Gasteiger partial charge < -0.3 is 10.0 Å². The lowest BCUT2D eigenvalue weighted by Gasteiger charge is -2.30. The first-order valence-electron chi connectivity index (χ1n) is 5.76. The maximum Gasteiger partial charge on any atom is 0.130 e. The molecule has 0 aliphatic carbocycles. The lowest BCUT2D eigenvalue weighted by molar-refractivity contribution is 0.276. The predicted octanol–water partition coefficient (Wildman–Crippen LogP) is 2.94. The monoisotopic (exact) mass is 225 g/mol. The van der Waals surface area contributed by atoms with Gasteiger partial charge in [0.2, 0.25) is 0 Å². The van der Waals surface area contributed by atoms with Crippen molar-refractivity contribution in [3.63, 3.8) is 0 Å². The van der Waals surface area contributed by atoms with Crippen molar-refractivity contribution in [3.05, 3.63) is 29.6 Å². The fraction of sp³-hybridized carbons (Fsp3) is 0.538. The van der Waals surface area contributed by atoms with Gasteiger partial charge in [-0.25, -0.2) is 4.39 Å². The zero-order chi connectivity index (χ0) is 12.1. The summed E-state index contributed by atoms with van der Waals surface area (Å²) in [6.45, 7) is 3.97. The zero-order valence-electron chi connectivity index (χ0n) is 10.2. The predicted molar refractivity (Wildman–Crippen MR) is 65.1 cm³/mol. The average molecular weight is 225 g/mol. The topological polar surface area (TPSA) is 23.5 Å². The summed E-state index contributed by atoms with van der Waals surface area (Å²) < 4.78 is 13.5. The van der Waals surface area contributed by atoms with Crippen LogP contribution in [0.25, 0.3) is 0 Å². The maximum absolute atomic E-state index is 13.5. The van der Waals surface area contributed by atoms with Crippen molar-refractivity contribution in [3.8, 4) is 0 Å². The number of aliphatic hydroxyl groups excluding tert-OH is 1. The summed E-state index contributed by atoms with van der Waals surface area (Å²) in [5, 5.41) is 9.21. The van der Waals surface area contributed by atoms with Crippen LogP contribution in [0.1, 0.15) is 32.3 Å². The highest BCUT2D eigenvalue weighted by atomic mass is 19.1. The largest absolute Gasteiger partial charge is 0.391 e. The molecule has 0 atom stereocenters. The van der Waals surface area contributed by atoms with Crippen LogP contribution in [-0.4, -0.2) is 18.2 Å². The lowest BCUT2D eigenvalue weighted by Crippen LogP contribution is -2.31. The van der Waals surface area contributed by atoms with Gasteiger partial charge in [-0.1, -0.05) is 19.9 Å². The van der Waals surface area contributed by atoms with Crippen molar-refractivity contribution in [1.29, 1.82) is 0 Å². The molecule has 0 radical (unpaired) electrons. The molecule has 0 bridgehead atoms. The summed E-state index contributed by atoms with van der Waals surface area (Å²) in [5.41, 5.74) is 1.17. The smallest absolute Gasteiger partial charge is 0.130 e. The molecule has 2 nitrogen and oxygen atoms in total. The van der Waals surface area contributed by atoms with E-state index >= 15 is 0 Å². The third-order valence-corrected chi connectivity index (χ3v) is 3.12. The van der Waals surface area contributed by atoms with E-state index in [1.165, 1.54) is 6.07 Å². The summed E-state index contributed by atoms with van der Waals surface area (Å²) in [4.78, 5) is 2.05. The minimum Gasteiger partial charge on any atom is -0.391 e. The normalized spacial score (nSPS) is 10.9. The molecular weight excluding hydrogens is 205 g/mol. The van der Waals surface area contributed by atoms with E-state index in [1.54, 1.807) is 6.07 Å². The van der Waals surface area contributed by atoms with Gasteiger partial charge in [0.05, 0.1) is 6.61 Å². The van der Waals surface area contributed by atoms with Crippen LogP contribution in [0.3, 0.4) is 0 Å². The maximum atomic E-state index is 13.5. The standard InChI is InChI=1S/C13H20FNO/c1-4-10(5-2)15(3)13-8-6-7-12(14)11(13)9-16/h6-8,10,16H,4-5,9H2,1-3H3. The molecule has 0 heterocycles. The van der Waals surface area contributed by atoms with E-state index in [2.05, 4.69) is 18.7 Å². The van der Waals surface area contributed by atoms with Crippen LogP contribution in [0.15, 0.2) is 18.2 Å². The highest BCUT2D eigenvalue weighted by Crippen LogP contribution is 2.25. The van der Waals surface area contributed by atoms with Gasteiger partial charge in [-0.15, -0.1) is 0 Å². The van der Waals surface area contributed by atoms with E-state index in [1.807, 2.05) is 13.1 Å². The van der Waals surface area contributed by atoms with Crippen LogP contribution in [0.5, 0.6) is 0 Å². The molecule has 0 saturated carbocycles. The Bertz CT molecular complexity index is 337. The lowest BCUT2D eigenvalue weighted by atomic mass is 10.1. The summed E-state index contributed by atoms with van der Waals surface area (Å²) in [5.74, 6) is -0.335. The fourth-order valence-corrected chi connectivity index (χ4v) is 2.07. The third kappa shape index (κ3) is 2.53. The molecule has 0 aliphatic heterocycles. The Morgan fingerprint density at radius 3 is 2.44 bits per heavy atom. The third-order valence-electron chi connectivity index (χ3n) is 3.12. The molecule has 1 aromatic rings. The number of rotatable bonds is 5. The molecule has 16 heavy (non-hydrogen) atoms. The van der Waals surface area contributed by atoms with E-state index in [4.69, 9.17) is 0 Å². The van der Waals surface area contributed by atoms with E-state index < -0.39 is 0 Å². The molecule has 0 spiro atoms. The first-order chi connectivity index (χ1) is 7.65. The summed E-state index contributed by atoms with van der Waals surface area (Å²) in [6.07, 6.45) is 2.02. The summed E-state index contributed by atoms with van der Waals surface area (Å²) in [6, 6.07) is 5.30. The highest BCUT2D eigenvalue weighted by molar-refractivity contribution is 5.54. The van der Waals surface area contributed by atoms with Crippen molar-refractivity contribution in [2.75, 3.05) is 11.9 Å². The molecule has 0 unspecified atom stereocenters. The van der Waals surface area contributed by atoms with E-state index in [9.17, 15) is 9.50 Å². The van der Waals surface area contributed by atoms with Crippen LogP contribution < -0.4 is 4.90 Å². The Kier molecular flexibility index (Phi) is 4.74. The highest BCUT2D eigenvalue weighted by Gasteiger charge is 2.16. The minimum absolute atomic E-state index is 0.257. The molecule has 0 aliphatic rings. The Balaban J connectivity index is 3.07. The van der Waals surface area contributed by atoms with Crippen molar-refractivity contribution in [2.24, 2.45) is 0 Å². The van der Waals surface area contributed by atoms with Gasteiger partial charge in [0, 0.05) is 24.3 Å². The molecular formula is C13H20FNO. The molecule has 0 aromatic heterocycles. The molecule has 1 N–H and O–H groups in total. The van der Waals surface area contributed by atoms with Crippen LogP contribution in [0.2, 0.25) is 0 Å². The Labute approximate surface area is 96.7 Å². The van der Waals surface area contributed by atoms with E-state index in [0.29, 0.717) is 11.6 Å². The number of hydrogen-bond donors (Lipinski definition) is 1. The molecule has 0 fully saturated rings. The molecule has 0 amide bonds. The number of aliphatic hydroxyl groups is 1. The van der Waals surface area contributed by atoms with Crippen LogP contribution >= 0.6 is 0 Å². The van der Waals surface area contributed by atoms with Crippen LogP contribution in [0, 0.1) is 5.82 Å². The van der Waals surface area contributed by atoms with Gasteiger partial charge >= 0.3 is 0 Å². The number of benzene rings is 1. The van der Waals surface area contributed by atoms with Crippen molar-refractivity contribution < 1.29 is 9.50 Å². The SMILES string of the molecule is CCC(CC)N(C)c1cccc(F)c1CO. The van der Waals surface area contributed by atoms with Crippen molar-refractivity contribution >= 4 is 5.69 Å². The van der Waals surface area contributed by atoms with Crippen LogP contribution in [-0.2, 0) is 6.61 Å². The van der Waals surface area contributed by atoms with Gasteiger partial charge in [0.25, 0.3) is 0 Å². The van der Waals surface area contributed by atoms with E-state index in [0.717, 1.165) is 18.5 Å². The molecule has 1 rings (SSSR count). The van der Waals surface area contributed by atoms with Gasteiger partial charge in [-0.3, -0.25) is 0 Å². The second-order valence-electron chi connectivity index (χ2n) is 3.98. The number of halogens is 1. The second kappa shape index (κ2) is 5.85. The zero-order valence-corrected chi connectivity index (χ0v) is 10.2. The summed E-state index contributed by atoms with van der Waals surface area (Å²) >= 11 is 0. The number of anilines is 1. The van der Waals surface area contributed by atoms with Crippen molar-refractivity contribution in [1.82, 2.24) is 0 Å². The Morgan fingerprint density at radius 1 is 1.31 bits per heavy atom. The molecule has 3 heteroatoms. The van der Waals surface area contributed by atoms with Gasteiger partial charge in [-0.05, 0) is 25.0 Å². The molecule has 90 valence electrons. The first-order valence-corrected chi connectivity index (χ1v) is 5.76. The second-order valence-corrected chi connectivity index (χ2v) is 3.98.